The SMILES string of the molecule is F[B-](F)(F)F.N#C[S-].O=S(=O)([O-])C(F)(F)F.[Cu+2].[Cu+2].[Cu+2].[Cu+2].[Cu+].[S-]c1ccccc1. The molecule has 0 unspecified atom stereocenters. The van der Waals surface area contributed by atoms with E-state index < -0.39 is 22.9 Å². The van der Waals surface area contributed by atoms with Crippen LogP contribution < -0.4 is 0 Å². The quantitative estimate of drug-likeness (QED) is 0.103. The molecule has 0 saturated carbocycles. The fourth-order valence-corrected chi connectivity index (χ4v) is 0.578. The van der Waals surface area contributed by atoms with Gasteiger partial charge in [0.1, 0.15) is 0 Å². The first-order valence-corrected chi connectivity index (χ1v) is 6.91. The van der Waals surface area contributed by atoms with Crippen molar-refractivity contribution < 1.29 is 129 Å². The maximum atomic E-state index is 10.7. The van der Waals surface area contributed by atoms with E-state index >= 15 is 0 Å². The van der Waals surface area contributed by atoms with Crippen molar-refractivity contribution in [1.82, 2.24) is 0 Å². The van der Waals surface area contributed by atoms with Gasteiger partial charge in [-0.05, 0) is 0 Å². The van der Waals surface area contributed by atoms with E-state index in [4.69, 9.17) is 30.9 Å². The van der Waals surface area contributed by atoms with E-state index in [0.717, 1.165) is 4.90 Å². The average molecular weight is 721 g/mol. The summed E-state index contributed by atoms with van der Waals surface area (Å²) in [6.07, 6.45) is 0. The normalized spacial score (nSPS) is 8.54. The molecule has 180 valence electrons. The molecule has 1 aromatic rings. The van der Waals surface area contributed by atoms with Crippen molar-refractivity contribution in [1.29, 1.82) is 5.26 Å². The fourth-order valence-electron chi connectivity index (χ4n) is 0.420. The second kappa shape index (κ2) is 26.3. The van der Waals surface area contributed by atoms with Crippen LogP contribution in [0.3, 0.4) is 0 Å². The fraction of sp³-hybridized carbons (Fsp3) is 0.125. The van der Waals surface area contributed by atoms with Crippen molar-refractivity contribution >= 4 is 42.6 Å². The van der Waals surface area contributed by atoms with E-state index in [2.05, 4.69) is 12.6 Å². The largest absolute Gasteiger partial charge is 2.00 e. The Kier molecular flexibility index (Phi) is 48.5. The van der Waals surface area contributed by atoms with E-state index in [1.54, 1.807) is 0 Å². The maximum Gasteiger partial charge on any atom is 2.00 e. The maximum absolute atomic E-state index is 10.7. The molecule has 0 N–H and O–H groups in total. The second-order valence-electron chi connectivity index (χ2n) is 2.80. The third kappa shape index (κ3) is 56.4. The summed E-state index contributed by atoms with van der Waals surface area (Å²) in [6, 6.07) is 9.62. The molecule has 0 aliphatic rings. The minimum absolute atomic E-state index is 0. The Morgan fingerprint density at radius 2 is 1.14 bits per heavy atom. The Labute approximate surface area is 221 Å². The molecule has 28 heavy (non-hydrogen) atoms. The van der Waals surface area contributed by atoms with E-state index in [1.165, 1.54) is 5.40 Å². The van der Waals surface area contributed by atoms with Gasteiger partial charge in [-0.25, -0.2) is 13.7 Å². The zero-order valence-corrected chi connectivity index (χ0v) is 19.2. The molecule has 0 aliphatic carbocycles. The third-order valence-electron chi connectivity index (χ3n) is 1.03. The smallest absolute Gasteiger partial charge is 0.780 e. The van der Waals surface area contributed by atoms with Gasteiger partial charge in [-0.2, -0.15) is 18.1 Å². The number of hydrogen-bond donors (Lipinski definition) is 0. The van der Waals surface area contributed by atoms with E-state index in [9.17, 15) is 30.4 Å². The Morgan fingerprint density at radius 1 is 0.964 bits per heavy atom. The molecule has 0 bridgehead atoms. The molecule has 0 aromatic heterocycles. The van der Waals surface area contributed by atoms with Crippen LogP contribution in [-0.2, 0) is 121 Å². The van der Waals surface area contributed by atoms with Crippen LogP contribution in [0.4, 0.5) is 30.4 Å². The van der Waals surface area contributed by atoms with Crippen LogP contribution in [0.25, 0.3) is 0 Å². The van der Waals surface area contributed by atoms with Gasteiger partial charge < -0.3 is 47.1 Å². The van der Waals surface area contributed by atoms with Gasteiger partial charge >= 0.3 is 98.1 Å². The first-order valence-electron chi connectivity index (χ1n) is 4.69. The molecular formula is C8H5BCu5F7NO3S3+5. The summed E-state index contributed by atoms with van der Waals surface area (Å²) < 4.78 is 97.9. The summed E-state index contributed by atoms with van der Waals surface area (Å²) in [7, 11) is -12.1. The first-order chi connectivity index (χ1) is 10.1. The molecule has 1 aromatic carbocycles. The van der Waals surface area contributed by atoms with Crippen LogP contribution in [0.5, 0.6) is 0 Å². The monoisotopic (exact) mass is 718 g/mol. The van der Waals surface area contributed by atoms with Gasteiger partial charge in [0.15, 0.2) is 10.1 Å². The molecule has 20 heteroatoms. The van der Waals surface area contributed by atoms with Crippen LogP contribution in [0.1, 0.15) is 0 Å². The van der Waals surface area contributed by atoms with Crippen molar-refractivity contribution in [2.45, 2.75) is 10.4 Å². The Balaban J connectivity index is -0.0000000312. The van der Waals surface area contributed by atoms with E-state index in [0.29, 0.717) is 0 Å². The van der Waals surface area contributed by atoms with Crippen LogP contribution in [0.2, 0.25) is 0 Å². The number of nitriles is 1. The van der Waals surface area contributed by atoms with Gasteiger partial charge in [0.05, 0.1) is 0 Å². The summed E-state index contributed by atoms with van der Waals surface area (Å²) in [5.74, 6) is 0. The van der Waals surface area contributed by atoms with E-state index in [-0.39, 0.29) is 85.3 Å². The van der Waals surface area contributed by atoms with Gasteiger partial charge in [-0.3, -0.25) is 0 Å². The summed E-state index contributed by atoms with van der Waals surface area (Å²) in [6.45, 7) is 0. The molecule has 0 fully saturated rings. The number of rotatable bonds is 0. The topological polar surface area (TPSA) is 81.0 Å². The zero-order chi connectivity index (χ0) is 19.3. The summed E-state index contributed by atoms with van der Waals surface area (Å²) >= 11 is 8.51. The standard InChI is InChI=1S/C6H6S.CHF3O3S.CHNS.BF4.5Cu/c7-6-4-2-1-3-5-6;2-1(3,4)8(5,6)7;2-1-3;2-1(3,4)5;;;;;/h1-5,7H;(H,5,6,7);3H;;;;;;/q;;;-1;+1;4*+2/p-3. The van der Waals surface area contributed by atoms with Gasteiger partial charge in [-0.1, -0.05) is 35.7 Å². The van der Waals surface area contributed by atoms with Gasteiger partial charge in [0.2, 0.25) is 0 Å². The second-order valence-corrected chi connectivity index (χ2v) is 4.82. The van der Waals surface area contributed by atoms with Crippen LogP contribution in [-0.4, -0.2) is 25.7 Å². The molecule has 0 saturated heterocycles. The third-order valence-corrected chi connectivity index (χ3v) is 1.87. The average Bonchev–Trinajstić information content (AvgIpc) is 2.26. The number of nitrogens with zero attached hydrogens (tertiary/aromatic N) is 1. The minimum Gasteiger partial charge on any atom is -0.780 e. The number of benzene rings is 1. The number of thiocyanates is 1. The molecule has 0 amide bonds. The predicted molar refractivity (Wildman–Crippen MR) is 71.0 cm³/mol. The van der Waals surface area contributed by atoms with Gasteiger partial charge in [0.25, 0.3) is 0 Å². The van der Waals surface area contributed by atoms with Crippen molar-refractivity contribution in [3.05, 3.63) is 30.3 Å². The molecule has 0 heterocycles. The summed E-state index contributed by atoms with van der Waals surface area (Å²) in [5, 5.41) is 8.47. The molecular weight excluding hydrogens is 716 g/mol. The number of alkyl halides is 3. The Bertz CT molecular complexity index is 570. The number of hydrogen-bond acceptors (Lipinski definition) is 6. The minimum atomic E-state index is -6.09. The van der Waals surface area contributed by atoms with Crippen molar-refractivity contribution in [2.75, 3.05) is 0 Å². The molecule has 0 atom stereocenters. The van der Waals surface area contributed by atoms with Crippen molar-refractivity contribution in [3.63, 3.8) is 0 Å². The molecule has 1 rings (SSSR count). The van der Waals surface area contributed by atoms with E-state index in [1.807, 2.05) is 30.3 Å². The van der Waals surface area contributed by atoms with Gasteiger partial charge in [0, 0.05) is 0 Å². The number of halogens is 7. The molecule has 4 nitrogen and oxygen atoms in total. The van der Waals surface area contributed by atoms with Crippen molar-refractivity contribution in [2.24, 2.45) is 0 Å². The Morgan fingerprint density at radius 3 is 1.21 bits per heavy atom. The summed E-state index contributed by atoms with van der Waals surface area (Å²) in [5.41, 5.74) is -5.65. The Hall–Kier alpha value is 1.23. The van der Waals surface area contributed by atoms with Gasteiger partial charge in [-0.15, -0.1) is 0 Å². The van der Waals surface area contributed by atoms with Crippen LogP contribution in [0.15, 0.2) is 35.2 Å². The molecule has 4 radical (unpaired) electrons. The zero-order valence-electron chi connectivity index (χ0n) is 12.0. The first kappa shape index (κ1) is 51.7. The van der Waals surface area contributed by atoms with Crippen LogP contribution in [0, 0.1) is 10.7 Å². The van der Waals surface area contributed by atoms with Crippen molar-refractivity contribution in [3.8, 4) is 5.40 Å². The predicted octanol–water partition coefficient (Wildman–Crippen LogP) is 2.95. The molecule has 0 aliphatic heterocycles. The summed E-state index contributed by atoms with van der Waals surface area (Å²) in [4.78, 5) is 0.905. The molecule has 0 spiro atoms. The van der Waals surface area contributed by atoms with Crippen LogP contribution >= 0.6 is 0 Å².